The van der Waals surface area contributed by atoms with Crippen LogP contribution in [0.15, 0.2) is 24.4 Å². The van der Waals surface area contributed by atoms with Crippen molar-refractivity contribution in [2.24, 2.45) is 0 Å². The lowest BCUT2D eigenvalue weighted by Crippen LogP contribution is -2.41. The molecule has 142 valence electrons. The molecule has 5 nitrogen and oxygen atoms in total. The van der Waals surface area contributed by atoms with Gasteiger partial charge in [-0.1, -0.05) is 11.6 Å². The summed E-state index contributed by atoms with van der Waals surface area (Å²) in [5, 5.41) is 11.2. The van der Waals surface area contributed by atoms with E-state index >= 15 is 0 Å². The molecule has 2 heterocycles. The van der Waals surface area contributed by atoms with Gasteiger partial charge in [0.25, 0.3) is 0 Å². The Hall–Kier alpha value is -1.72. The number of carbonyl (C=O) groups is 1. The first-order chi connectivity index (χ1) is 12.3. The van der Waals surface area contributed by atoms with E-state index in [1.807, 2.05) is 39.0 Å². The van der Waals surface area contributed by atoms with Gasteiger partial charge in [-0.15, -0.1) is 0 Å². The number of aliphatic hydroxyl groups excluding tert-OH is 1. The van der Waals surface area contributed by atoms with E-state index in [0.717, 1.165) is 23.7 Å². The summed E-state index contributed by atoms with van der Waals surface area (Å²) in [6.07, 6.45) is 3.68. The van der Waals surface area contributed by atoms with Crippen molar-refractivity contribution >= 4 is 28.6 Å². The molecule has 0 aliphatic carbocycles. The van der Waals surface area contributed by atoms with Crippen LogP contribution in [-0.2, 0) is 11.3 Å². The van der Waals surface area contributed by atoms with Crippen molar-refractivity contribution < 1.29 is 14.6 Å². The number of likely N-dealkylation sites (tertiary alicyclic amines) is 1. The number of aliphatic hydroxyl groups is 1. The molecule has 0 spiro atoms. The van der Waals surface area contributed by atoms with Crippen molar-refractivity contribution in [1.82, 2.24) is 9.47 Å². The molecule has 1 saturated heterocycles. The molecule has 0 saturated carbocycles. The molecule has 1 aromatic heterocycles. The third kappa shape index (κ3) is 4.15. The third-order valence-electron chi connectivity index (χ3n) is 4.80. The smallest absolute Gasteiger partial charge is 0.410 e. The average Bonchev–Trinajstić information content (AvgIpc) is 2.91. The Bertz CT molecular complexity index is 786. The molecule has 26 heavy (non-hydrogen) atoms. The van der Waals surface area contributed by atoms with Crippen LogP contribution in [0.1, 0.15) is 45.1 Å². The Morgan fingerprint density at radius 2 is 2.00 bits per heavy atom. The zero-order valence-electron chi connectivity index (χ0n) is 15.7. The van der Waals surface area contributed by atoms with E-state index in [1.54, 1.807) is 4.90 Å². The molecule has 1 amide bonds. The first kappa shape index (κ1) is 19.1. The lowest BCUT2D eigenvalue weighted by atomic mass is 9.89. The number of rotatable bonds is 3. The van der Waals surface area contributed by atoms with Gasteiger partial charge in [0.15, 0.2) is 0 Å². The van der Waals surface area contributed by atoms with Crippen molar-refractivity contribution in [3.63, 3.8) is 0 Å². The zero-order valence-corrected chi connectivity index (χ0v) is 16.4. The molecule has 1 aliphatic heterocycles. The van der Waals surface area contributed by atoms with Crippen molar-refractivity contribution in [2.75, 3.05) is 19.7 Å². The van der Waals surface area contributed by atoms with Gasteiger partial charge in [-0.3, -0.25) is 0 Å². The molecule has 3 rings (SSSR count). The minimum absolute atomic E-state index is 0.100. The molecule has 1 fully saturated rings. The zero-order chi connectivity index (χ0) is 18.9. The summed E-state index contributed by atoms with van der Waals surface area (Å²) in [5.41, 5.74) is 1.87. The fourth-order valence-corrected chi connectivity index (χ4v) is 3.79. The molecule has 0 radical (unpaired) electrons. The van der Waals surface area contributed by atoms with E-state index in [2.05, 4.69) is 10.8 Å². The van der Waals surface area contributed by atoms with E-state index in [9.17, 15) is 9.90 Å². The molecule has 0 bridgehead atoms. The van der Waals surface area contributed by atoms with Crippen LogP contribution in [0.4, 0.5) is 4.79 Å². The fourth-order valence-electron chi connectivity index (χ4n) is 3.61. The lowest BCUT2D eigenvalue weighted by Gasteiger charge is -2.33. The minimum atomic E-state index is -0.470. The Kier molecular flexibility index (Phi) is 5.49. The Morgan fingerprint density at radius 3 is 2.62 bits per heavy atom. The molecular formula is C20H27ClN2O3. The standard InChI is InChI=1S/C20H27ClN2O3/c1-20(2,3)26-19(25)22-8-6-14(7-9-22)17-13-23(10-11-24)18-5-4-15(21)12-16(17)18/h4-5,12-14,24H,6-11H2,1-3H3. The van der Waals surface area contributed by atoms with Crippen molar-refractivity contribution in [3.8, 4) is 0 Å². The maximum absolute atomic E-state index is 12.3. The highest BCUT2D eigenvalue weighted by atomic mass is 35.5. The monoisotopic (exact) mass is 378 g/mol. The number of carbonyl (C=O) groups excluding carboxylic acids is 1. The highest BCUT2D eigenvalue weighted by molar-refractivity contribution is 6.31. The second-order valence-corrected chi connectivity index (χ2v) is 8.34. The first-order valence-electron chi connectivity index (χ1n) is 9.15. The molecule has 1 aliphatic rings. The topological polar surface area (TPSA) is 54.7 Å². The van der Waals surface area contributed by atoms with Crippen LogP contribution >= 0.6 is 11.6 Å². The normalized spacial score (nSPS) is 16.3. The molecule has 1 aromatic carbocycles. The second-order valence-electron chi connectivity index (χ2n) is 7.90. The van der Waals surface area contributed by atoms with Gasteiger partial charge in [0.1, 0.15) is 5.60 Å². The van der Waals surface area contributed by atoms with Crippen molar-refractivity contribution in [1.29, 1.82) is 0 Å². The molecule has 0 unspecified atom stereocenters. The highest BCUT2D eigenvalue weighted by Gasteiger charge is 2.29. The van der Waals surface area contributed by atoms with Crippen LogP contribution in [0.25, 0.3) is 10.9 Å². The van der Waals surface area contributed by atoms with Crippen LogP contribution in [-0.4, -0.2) is 46.0 Å². The SMILES string of the molecule is CC(C)(C)OC(=O)N1CCC(c2cn(CCO)c3ccc(Cl)cc23)CC1. The van der Waals surface area contributed by atoms with Crippen LogP contribution < -0.4 is 0 Å². The number of benzene rings is 1. The molecule has 2 aromatic rings. The Morgan fingerprint density at radius 1 is 1.31 bits per heavy atom. The van der Waals surface area contributed by atoms with Crippen molar-refractivity contribution in [3.05, 3.63) is 35.0 Å². The number of nitrogens with zero attached hydrogens (tertiary/aromatic N) is 2. The predicted octanol–water partition coefficient (Wildman–Crippen LogP) is 4.40. The summed E-state index contributed by atoms with van der Waals surface area (Å²) in [7, 11) is 0. The summed E-state index contributed by atoms with van der Waals surface area (Å²) < 4.78 is 7.56. The third-order valence-corrected chi connectivity index (χ3v) is 5.04. The van der Waals surface area contributed by atoms with Crippen LogP contribution in [0.2, 0.25) is 5.02 Å². The number of fused-ring (bicyclic) bond motifs is 1. The van der Waals surface area contributed by atoms with E-state index in [4.69, 9.17) is 16.3 Å². The van der Waals surface area contributed by atoms with E-state index in [-0.39, 0.29) is 12.7 Å². The largest absolute Gasteiger partial charge is 0.444 e. The number of halogens is 1. The quantitative estimate of drug-likeness (QED) is 0.861. The average molecular weight is 379 g/mol. The number of piperidine rings is 1. The second kappa shape index (κ2) is 7.49. The van der Waals surface area contributed by atoms with Gasteiger partial charge in [-0.25, -0.2) is 4.79 Å². The molecule has 1 N–H and O–H groups in total. The summed E-state index contributed by atoms with van der Waals surface area (Å²) in [6, 6.07) is 5.89. The Labute approximate surface area is 159 Å². The summed E-state index contributed by atoms with van der Waals surface area (Å²) in [4.78, 5) is 14.1. The predicted molar refractivity (Wildman–Crippen MR) is 104 cm³/mol. The van der Waals surface area contributed by atoms with E-state index in [0.29, 0.717) is 30.6 Å². The minimum Gasteiger partial charge on any atom is -0.444 e. The summed E-state index contributed by atoms with van der Waals surface area (Å²) in [6.45, 7) is 7.70. The van der Waals surface area contributed by atoms with Gasteiger partial charge in [-0.05, 0) is 63.3 Å². The van der Waals surface area contributed by atoms with Crippen molar-refractivity contribution in [2.45, 2.75) is 51.7 Å². The van der Waals surface area contributed by atoms with Gasteiger partial charge in [0.2, 0.25) is 0 Å². The number of hydrogen-bond acceptors (Lipinski definition) is 3. The first-order valence-corrected chi connectivity index (χ1v) is 9.53. The summed E-state index contributed by atoms with van der Waals surface area (Å²) in [5.74, 6) is 0.370. The number of ether oxygens (including phenoxy) is 1. The van der Waals surface area contributed by atoms with Gasteiger partial charge >= 0.3 is 6.09 Å². The Balaban J connectivity index is 1.77. The molecule has 0 atom stereocenters. The van der Waals surface area contributed by atoms with Crippen LogP contribution in [0, 0.1) is 0 Å². The summed E-state index contributed by atoms with van der Waals surface area (Å²) >= 11 is 6.21. The number of aromatic nitrogens is 1. The van der Waals surface area contributed by atoms with Gasteiger partial charge in [-0.2, -0.15) is 0 Å². The lowest BCUT2D eigenvalue weighted by molar-refractivity contribution is 0.0205. The van der Waals surface area contributed by atoms with Crippen LogP contribution in [0.5, 0.6) is 0 Å². The molecular weight excluding hydrogens is 352 g/mol. The molecule has 6 heteroatoms. The number of hydrogen-bond donors (Lipinski definition) is 1. The maximum atomic E-state index is 12.3. The maximum Gasteiger partial charge on any atom is 0.410 e. The van der Waals surface area contributed by atoms with Crippen LogP contribution in [0.3, 0.4) is 0 Å². The van der Waals surface area contributed by atoms with Gasteiger partial charge < -0.3 is 19.3 Å². The van der Waals surface area contributed by atoms with E-state index < -0.39 is 5.60 Å². The number of amides is 1. The van der Waals surface area contributed by atoms with E-state index in [1.165, 1.54) is 5.56 Å². The van der Waals surface area contributed by atoms with Gasteiger partial charge in [0, 0.05) is 41.8 Å². The highest BCUT2D eigenvalue weighted by Crippen LogP contribution is 2.36. The fraction of sp³-hybridized carbons (Fsp3) is 0.550. The van der Waals surface area contributed by atoms with Gasteiger partial charge in [0.05, 0.1) is 6.61 Å².